The number of rotatable bonds is 7. The fraction of sp³-hybridized carbons (Fsp3) is 0.278. The Hall–Kier alpha value is -2.53. The summed E-state index contributed by atoms with van der Waals surface area (Å²) in [7, 11) is 2.90. The lowest BCUT2D eigenvalue weighted by molar-refractivity contribution is -0.142. The van der Waals surface area contributed by atoms with Crippen LogP contribution in [0.25, 0.3) is 0 Å². The standard InChI is InChI=1S/C18H21NO4/c1-21-16-10-6-9-14(11-15(19)18(20)22-2)17(16)23-12-13-7-4-3-5-8-13/h3-10,15H,11-12,19H2,1-2H3/t15-/m0/s1. The van der Waals surface area contributed by atoms with Crippen LogP contribution >= 0.6 is 0 Å². The molecule has 2 aromatic rings. The van der Waals surface area contributed by atoms with Crippen molar-refractivity contribution in [1.82, 2.24) is 0 Å². The average molecular weight is 315 g/mol. The van der Waals surface area contributed by atoms with Crippen molar-refractivity contribution in [2.45, 2.75) is 19.1 Å². The first-order valence-corrected chi connectivity index (χ1v) is 7.31. The Labute approximate surface area is 136 Å². The van der Waals surface area contributed by atoms with Crippen molar-refractivity contribution < 1.29 is 19.0 Å². The number of methoxy groups -OCH3 is 2. The van der Waals surface area contributed by atoms with Crippen LogP contribution in [0.3, 0.4) is 0 Å². The molecular formula is C18H21NO4. The smallest absolute Gasteiger partial charge is 0.322 e. The summed E-state index contributed by atoms with van der Waals surface area (Å²) in [6, 6.07) is 14.6. The number of ether oxygens (including phenoxy) is 3. The number of carbonyl (C=O) groups excluding carboxylic acids is 1. The van der Waals surface area contributed by atoms with Gasteiger partial charge in [-0.25, -0.2) is 0 Å². The number of para-hydroxylation sites is 1. The number of nitrogens with two attached hydrogens (primary N) is 1. The molecule has 0 amide bonds. The van der Waals surface area contributed by atoms with Crippen LogP contribution in [0.1, 0.15) is 11.1 Å². The minimum atomic E-state index is -0.744. The molecule has 0 bridgehead atoms. The first kappa shape index (κ1) is 16.8. The molecule has 5 heteroatoms. The second-order valence-corrected chi connectivity index (χ2v) is 5.06. The van der Waals surface area contributed by atoms with Gasteiger partial charge in [-0.3, -0.25) is 4.79 Å². The summed E-state index contributed by atoms with van der Waals surface area (Å²) in [5.41, 5.74) is 7.70. The Balaban J connectivity index is 2.20. The van der Waals surface area contributed by atoms with Crippen molar-refractivity contribution in [3.63, 3.8) is 0 Å². The lowest BCUT2D eigenvalue weighted by Gasteiger charge is -2.17. The number of hydrogen-bond donors (Lipinski definition) is 1. The third-order valence-corrected chi connectivity index (χ3v) is 3.45. The van der Waals surface area contributed by atoms with Crippen molar-refractivity contribution in [1.29, 1.82) is 0 Å². The summed E-state index contributed by atoms with van der Waals surface area (Å²) < 4.78 is 16.0. The highest BCUT2D eigenvalue weighted by Gasteiger charge is 2.19. The van der Waals surface area contributed by atoms with E-state index in [1.807, 2.05) is 48.5 Å². The van der Waals surface area contributed by atoms with Crippen molar-refractivity contribution in [3.8, 4) is 11.5 Å². The second-order valence-electron chi connectivity index (χ2n) is 5.06. The molecule has 0 aromatic heterocycles. The van der Waals surface area contributed by atoms with Crippen LogP contribution in [-0.2, 0) is 22.6 Å². The predicted molar refractivity (Wildman–Crippen MR) is 87.5 cm³/mol. The van der Waals surface area contributed by atoms with Gasteiger partial charge < -0.3 is 19.9 Å². The normalized spacial score (nSPS) is 11.6. The Bertz CT molecular complexity index is 643. The number of benzene rings is 2. The maximum Gasteiger partial charge on any atom is 0.322 e. The van der Waals surface area contributed by atoms with Crippen LogP contribution in [0, 0.1) is 0 Å². The number of hydrogen-bond acceptors (Lipinski definition) is 5. The fourth-order valence-electron chi connectivity index (χ4n) is 2.25. The summed E-state index contributed by atoms with van der Waals surface area (Å²) in [5.74, 6) is 0.746. The number of esters is 1. The molecule has 0 aliphatic carbocycles. The van der Waals surface area contributed by atoms with Gasteiger partial charge in [-0.15, -0.1) is 0 Å². The van der Waals surface area contributed by atoms with E-state index in [-0.39, 0.29) is 0 Å². The Morgan fingerprint density at radius 3 is 2.48 bits per heavy atom. The quantitative estimate of drug-likeness (QED) is 0.794. The van der Waals surface area contributed by atoms with Gasteiger partial charge in [0.15, 0.2) is 11.5 Å². The maximum absolute atomic E-state index is 11.5. The van der Waals surface area contributed by atoms with Crippen LogP contribution in [0.2, 0.25) is 0 Å². The topological polar surface area (TPSA) is 70.8 Å². The maximum atomic E-state index is 11.5. The van der Waals surface area contributed by atoms with E-state index >= 15 is 0 Å². The van der Waals surface area contributed by atoms with Crippen LogP contribution < -0.4 is 15.2 Å². The molecular weight excluding hydrogens is 294 g/mol. The van der Waals surface area contributed by atoms with E-state index in [1.165, 1.54) is 7.11 Å². The van der Waals surface area contributed by atoms with E-state index in [9.17, 15) is 4.79 Å². The SMILES string of the molecule is COC(=O)[C@@H](N)Cc1cccc(OC)c1OCc1ccccc1. The second kappa shape index (κ2) is 8.19. The molecule has 0 aliphatic rings. The molecule has 1 atom stereocenters. The highest BCUT2D eigenvalue weighted by Crippen LogP contribution is 2.32. The zero-order valence-electron chi connectivity index (χ0n) is 13.3. The molecule has 5 nitrogen and oxygen atoms in total. The molecule has 2 N–H and O–H groups in total. The summed E-state index contributed by atoms with van der Waals surface area (Å²) >= 11 is 0. The fourth-order valence-corrected chi connectivity index (χ4v) is 2.25. The molecule has 0 saturated heterocycles. The molecule has 0 saturated carbocycles. The van der Waals surface area contributed by atoms with E-state index in [4.69, 9.17) is 15.2 Å². The van der Waals surface area contributed by atoms with Crippen LogP contribution in [0.4, 0.5) is 0 Å². The zero-order valence-corrected chi connectivity index (χ0v) is 13.3. The minimum Gasteiger partial charge on any atom is -0.493 e. The van der Waals surface area contributed by atoms with Gasteiger partial charge >= 0.3 is 5.97 Å². The lowest BCUT2D eigenvalue weighted by Crippen LogP contribution is -2.33. The van der Waals surface area contributed by atoms with Crippen LogP contribution in [-0.4, -0.2) is 26.2 Å². The van der Waals surface area contributed by atoms with Crippen molar-refractivity contribution >= 4 is 5.97 Å². The molecule has 0 fully saturated rings. The molecule has 0 unspecified atom stereocenters. The molecule has 0 aliphatic heterocycles. The highest BCUT2D eigenvalue weighted by atomic mass is 16.5. The Kier molecular flexibility index (Phi) is 6.00. The summed E-state index contributed by atoms with van der Waals surface area (Å²) in [6.07, 6.45) is 0.313. The van der Waals surface area contributed by atoms with E-state index in [0.29, 0.717) is 24.5 Å². The molecule has 2 rings (SSSR count). The van der Waals surface area contributed by atoms with Gasteiger partial charge in [0, 0.05) is 12.0 Å². The van der Waals surface area contributed by atoms with Crippen molar-refractivity contribution in [3.05, 3.63) is 59.7 Å². The highest BCUT2D eigenvalue weighted by molar-refractivity contribution is 5.76. The molecule has 0 heterocycles. The Morgan fingerprint density at radius 1 is 1.09 bits per heavy atom. The molecule has 0 spiro atoms. The summed E-state index contributed by atoms with van der Waals surface area (Å²) in [4.78, 5) is 11.5. The summed E-state index contributed by atoms with van der Waals surface area (Å²) in [5, 5.41) is 0. The first-order valence-electron chi connectivity index (χ1n) is 7.31. The monoisotopic (exact) mass is 315 g/mol. The molecule has 0 radical (unpaired) electrons. The van der Waals surface area contributed by atoms with Gasteiger partial charge in [0.25, 0.3) is 0 Å². The van der Waals surface area contributed by atoms with Gasteiger partial charge in [0.2, 0.25) is 0 Å². The van der Waals surface area contributed by atoms with Crippen molar-refractivity contribution in [2.75, 3.05) is 14.2 Å². The minimum absolute atomic E-state index is 0.313. The van der Waals surface area contributed by atoms with Gasteiger partial charge in [0.1, 0.15) is 12.6 Å². The largest absolute Gasteiger partial charge is 0.493 e. The zero-order chi connectivity index (χ0) is 16.7. The average Bonchev–Trinajstić information content (AvgIpc) is 2.60. The van der Waals surface area contributed by atoms with E-state index < -0.39 is 12.0 Å². The Morgan fingerprint density at radius 2 is 1.83 bits per heavy atom. The van der Waals surface area contributed by atoms with Gasteiger partial charge in [0.05, 0.1) is 14.2 Å². The van der Waals surface area contributed by atoms with Gasteiger partial charge in [-0.2, -0.15) is 0 Å². The molecule has 23 heavy (non-hydrogen) atoms. The van der Waals surface area contributed by atoms with Crippen LogP contribution in [0.15, 0.2) is 48.5 Å². The lowest BCUT2D eigenvalue weighted by atomic mass is 10.0. The summed E-state index contributed by atoms with van der Waals surface area (Å²) in [6.45, 7) is 0.404. The molecule has 2 aromatic carbocycles. The van der Waals surface area contributed by atoms with Gasteiger partial charge in [-0.05, 0) is 11.6 Å². The van der Waals surface area contributed by atoms with E-state index in [0.717, 1.165) is 11.1 Å². The third kappa shape index (κ3) is 4.47. The number of carbonyl (C=O) groups is 1. The van der Waals surface area contributed by atoms with Crippen LogP contribution in [0.5, 0.6) is 11.5 Å². The van der Waals surface area contributed by atoms with E-state index in [2.05, 4.69) is 4.74 Å². The third-order valence-electron chi connectivity index (χ3n) is 3.45. The van der Waals surface area contributed by atoms with Crippen molar-refractivity contribution in [2.24, 2.45) is 5.73 Å². The first-order chi connectivity index (χ1) is 11.2. The van der Waals surface area contributed by atoms with Gasteiger partial charge in [-0.1, -0.05) is 42.5 Å². The predicted octanol–water partition coefficient (Wildman–Crippen LogP) is 2.32. The van der Waals surface area contributed by atoms with E-state index in [1.54, 1.807) is 7.11 Å². The molecule has 122 valence electrons.